The molecule has 0 aliphatic carbocycles. The van der Waals surface area contributed by atoms with Crippen LogP contribution < -0.4 is 0 Å². The number of halogens is 3. The second kappa shape index (κ2) is 6.44. The zero-order valence-electron chi connectivity index (χ0n) is 11.1. The highest BCUT2D eigenvalue weighted by Gasteiger charge is 2.21. The maximum absolute atomic E-state index is 12.9. The van der Waals surface area contributed by atoms with Crippen molar-refractivity contribution in [1.82, 2.24) is 4.31 Å². The Morgan fingerprint density at radius 3 is 2.38 bits per heavy atom. The van der Waals surface area contributed by atoms with E-state index in [9.17, 15) is 12.8 Å². The van der Waals surface area contributed by atoms with Crippen LogP contribution in [0.4, 0.5) is 4.39 Å². The summed E-state index contributed by atoms with van der Waals surface area (Å²) in [5, 5.41) is 0.440. The molecule has 2 aromatic rings. The number of nitrogens with zero attached hydrogens (tertiary/aromatic N) is 1. The van der Waals surface area contributed by atoms with Crippen molar-refractivity contribution in [3.05, 3.63) is 63.3 Å². The molecule has 0 aliphatic rings. The average Bonchev–Trinajstić information content (AvgIpc) is 2.44. The number of hydrogen-bond donors (Lipinski definition) is 0. The van der Waals surface area contributed by atoms with Crippen LogP contribution in [-0.2, 0) is 16.6 Å². The fraction of sp³-hybridized carbons (Fsp3) is 0.143. The molecular weight excluding hydrogens is 381 g/mol. The van der Waals surface area contributed by atoms with Gasteiger partial charge in [-0.3, -0.25) is 0 Å². The molecule has 0 radical (unpaired) electrons. The Kier molecular flexibility index (Phi) is 5.03. The standard InChI is InChI=1S/C14H12BrClFNO2S/c1-18(9-10-2-4-11(17)5-3-10)21(19,20)12-6-7-14(16)13(15)8-12/h2-8H,9H2,1H3. The topological polar surface area (TPSA) is 37.4 Å². The third kappa shape index (κ3) is 3.83. The Morgan fingerprint density at radius 2 is 1.81 bits per heavy atom. The minimum Gasteiger partial charge on any atom is -0.207 e. The molecule has 0 bridgehead atoms. The van der Waals surface area contributed by atoms with Gasteiger partial charge < -0.3 is 0 Å². The van der Waals surface area contributed by atoms with E-state index in [1.807, 2.05) is 0 Å². The Balaban J connectivity index is 2.25. The zero-order chi connectivity index (χ0) is 15.6. The SMILES string of the molecule is CN(Cc1ccc(F)cc1)S(=O)(=O)c1ccc(Cl)c(Br)c1. The van der Waals surface area contributed by atoms with Crippen molar-refractivity contribution in [3.8, 4) is 0 Å². The van der Waals surface area contributed by atoms with E-state index in [0.29, 0.717) is 15.1 Å². The van der Waals surface area contributed by atoms with Crippen molar-refractivity contribution >= 4 is 37.6 Å². The highest BCUT2D eigenvalue weighted by atomic mass is 79.9. The quantitative estimate of drug-likeness (QED) is 0.787. The number of hydrogen-bond acceptors (Lipinski definition) is 2. The zero-order valence-corrected chi connectivity index (χ0v) is 14.2. The number of benzene rings is 2. The van der Waals surface area contributed by atoms with Gasteiger partial charge in [0.05, 0.1) is 9.92 Å². The smallest absolute Gasteiger partial charge is 0.207 e. The first-order valence-electron chi connectivity index (χ1n) is 5.96. The molecule has 21 heavy (non-hydrogen) atoms. The van der Waals surface area contributed by atoms with E-state index >= 15 is 0 Å². The lowest BCUT2D eigenvalue weighted by Gasteiger charge is -2.17. The molecule has 0 spiro atoms. The van der Waals surface area contributed by atoms with Gasteiger partial charge in [-0.2, -0.15) is 4.31 Å². The van der Waals surface area contributed by atoms with Crippen LogP contribution in [-0.4, -0.2) is 19.8 Å². The van der Waals surface area contributed by atoms with Crippen LogP contribution in [0.15, 0.2) is 51.8 Å². The van der Waals surface area contributed by atoms with Crippen LogP contribution in [0.1, 0.15) is 5.56 Å². The highest BCUT2D eigenvalue weighted by Crippen LogP contribution is 2.27. The second-order valence-electron chi connectivity index (χ2n) is 4.46. The van der Waals surface area contributed by atoms with E-state index in [4.69, 9.17) is 11.6 Å². The normalized spacial score (nSPS) is 11.9. The Labute approximate surface area is 136 Å². The molecule has 0 amide bonds. The van der Waals surface area contributed by atoms with Gasteiger partial charge in [0.15, 0.2) is 0 Å². The lowest BCUT2D eigenvalue weighted by atomic mass is 10.2. The number of sulfonamides is 1. The Bertz CT molecular complexity index is 750. The van der Waals surface area contributed by atoms with Crippen molar-refractivity contribution in [1.29, 1.82) is 0 Å². The average molecular weight is 393 g/mol. The summed E-state index contributed by atoms with van der Waals surface area (Å²) in [6.45, 7) is 0.156. The summed E-state index contributed by atoms with van der Waals surface area (Å²) >= 11 is 9.07. The van der Waals surface area contributed by atoms with Crippen LogP contribution >= 0.6 is 27.5 Å². The molecule has 112 valence electrons. The monoisotopic (exact) mass is 391 g/mol. The molecule has 0 heterocycles. The maximum atomic E-state index is 12.9. The summed E-state index contributed by atoms with van der Waals surface area (Å²) in [6.07, 6.45) is 0. The second-order valence-corrected chi connectivity index (χ2v) is 7.77. The summed E-state index contributed by atoms with van der Waals surface area (Å²) < 4.78 is 39.5. The Morgan fingerprint density at radius 1 is 1.19 bits per heavy atom. The highest BCUT2D eigenvalue weighted by molar-refractivity contribution is 9.10. The molecular formula is C14H12BrClFNO2S. The van der Waals surface area contributed by atoms with Crippen molar-refractivity contribution in [3.63, 3.8) is 0 Å². The van der Waals surface area contributed by atoms with Gasteiger partial charge in [-0.1, -0.05) is 23.7 Å². The van der Waals surface area contributed by atoms with E-state index in [2.05, 4.69) is 15.9 Å². The third-order valence-electron chi connectivity index (χ3n) is 2.92. The summed E-state index contributed by atoms with van der Waals surface area (Å²) in [6, 6.07) is 10.1. The molecule has 2 aromatic carbocycles. The lowest BCUT2D eigenvalue weighted by molar-refractivity contribution is 0.466. The van der Waals surface area contributed by atoms with E-state index < -0.39 is 10.0 Å². The summed E-state index contributed by atoms with van der Waals surface area (Å²) in [5.41, 5.74) is 0.704. The maximum Gasteiger partial charge on any atom is 0.243 e. The van der Waals surface area contributed by atoms with Crippen molar-refractivity contribution < 1.29 is 12.8 Å². The molecule has 0 aliphatic heterocycles. The van der Waals surface area contributed by atoms with E-state index in [1.54, 1.807) is 12.1 Å². The van der Waals surface area contributed by atoms with Gasteiger partial charge in [-0.05, 0) is 51.8 Å². The summed E-state index contributed by atoms with van der Waals surface area (Å²) in [4.78, 5) is 0.142. The van der Waals surface area contributed by atoms with Crippen LogP contribution in [0.3, 0.4) is 0 Å². The van der Waals surface area contributed by atoms with Gasteiger partial charge in [-0.25, -0.2) is 12.8 Å². The minimum atomic E-state index is -3.64. The van der Waals surface area contributed by atoms with E-state index in [-0.39, 0.29) is 17.3 Å². The first-order chi connectivity index (χ1) is 9.80. The van der Waals surface area contributed by atoms with Gasteiger partial charge in [0.1, 0.15) is 5.82 Å². The van der Waals surface area contributed by atoms with Crippen molar-refractivity contribution in [2.24, 2.45) is 0 Å². The molecule has 3 nitrogen and oxygen atoms in total. The number of rotatable bonds is 4. The predicted octanol–water partition coefficient (Wildman–Crippen LogP) is 4.06. The van der Waals surface area contributed by atoms with Gasteiger partial charge in [-0.15, -0.1) is 0 Å². The molecule has 0 saturated heterocycles. The fourth-order valence-corrected chi connectivity index (χ4v) is 3.58. The minimum absolute atomic E-state index is 0.142. The van der Waals surface area contributed by atoms with Crippen LogP contribution in [0, 0.1) is 5.82 Å². The summed E-state index contributed by atoms with van der Waals surface area (Å²) in [5.74, 6) is -0.356. The summed E-state index contributed by atoms with van der Waals surface area (Å²) in [7, 11) is -2.16. The Hall–Kier alpha value is -0.950. The van der Waals surface area contributed by atoms with Crippen molar-refractivity contribution in [2.45, 2.75) is 11.4 Å². The van der Waals surface area contributed by atoms with Gasteiger partial charge >= 0.3 is 0 Å². The van der Waals surface area contributed by atoms with Gasteiger partial charge in [0, 0.05) is 18.1 Å². The molecule has 7 heteroatoms. The van der Waals surface area contributed by atoms with E-state index in [1.165, 1.54) is 41.7 Å². The molecule has 2 rings (SSSR count). The van der Waals surface area contributed by atoms with Crippen molar-refractivity contribution in [2.75, 3.05) is 7.05 Å². The molecule has 0 saturated carbocycles. The van der Waals surface area contributed by atoms with Crippen LogP contribution in [0.5, 0.6) is 0 Å². The lowest BCUT2D eigenvalue weighted by Crippen LogP contribution is -2.26. The third-order valence-corrected chi connectivity index (χ3v) is 5.93. The first kappa shape index (κ1) is 16.4. The van der Waals surface area contributed by atoms with E-state index in [0.717, 1.165) is 0 Å². The van der Waals surface area contributed by atoms with Gasteiger partial charge in [0.25, 0.3) is 0 Å². The van der Waals surface area contributed by atoms with Crippen LogP contribution in [0.2, 0.25) is 5.02 Å². The first-order valence-corrected chi connectivity index (χ1v) is 8.57. The van der Waals surface area contributed by atoms with Gasteiger partial charge in [0.2, 0.25) is 10.0 Å². The largest absolute Gasteiger partial charge is 0.243 e. The molecule has 0 N–H and O–H groups in total. The van der Waals surface area contributed by atoms with Crippen LogP contribution in [0.25, 0.3) is 0 Å². The molecule has 0 atom stereocenters. The fourth-order valence-electron chi connectivity index (χ4n) is 1.75. The molecule has 0 aromatic heterocycles. The predicted molar refractivity (Wildman–Crippen MR) is 84.2 cm³/mol. The molecule has 0 fully saturated rings. The molecule has 0 unspecified atom stereocenters.